The Labute approximate surface area is 193 Å². The summed E-state index contributed by atoms with van der Waals surface area (Å²) in [5.41, 5.74) is 0.386. The number of hydrogen-bond acceptors (Lipinski definition) is 5. The number of nitrogens with zero attached hydrogens (tertiary/aromatic N) is 3. The fraction of sp³-hybridized carbons (Fsp3) is 0.160. The number of halogens is 2. The molecule has 34 heavy (non-hydrogen) atoms. The quantitative estimate of drug-likeness (QED) is 0.441. The molecule has 0 aliphatic carbocycles. The SMILES string of the molecule is CC(C)NC(=O)Cn1c(-c2cccc(F)c2)nc2ncc(-c3cc(C=O)ccc3F)cc2c1=O. The van der Waals surface area contributed by atoms with Gasteiger partial charge in [0.15, 0.2) is 5.65 Å². The van der Waals surface area contributed by atoms with Crippen molar-refractivity contribution in [3.8, 4) is 22.5 Å². The summed E-state index contributed by atoms with van der Waals surface area (Å²) in [4.78, 5) is 45.7. The molecular formula is C25H20F2N4O3. The summed E-state index contributed by atoms with van der Waals surface area (Å²) >= 11 is 0. The van der Waals surface area contributed by atoms with Gasteiger partial charge in [0.1, 0.15) is 30.3 Å². The number of pyridine rings is 1. The number of aromatic nitrogens is 3. The van der Waals surface area contributed by atoms with Gasteiger partial charge in [-0.25, -0.2) is 18.7 Å². The highest BCUT2D eigenvalue weighted by atomic mass is 19.1. The zero-order chi connectivity index (χ0) is 24.4. The van der Waals surface area contributed by atoms with Crippen molar-refractivity contribution in [3.05, 3.63) is 82.3 Å². The Morgan fingerprint density at radius 3 is 2.62 bits per heavy atom. The molecule has 0 radical (unpaired) electrons. The van der Waals surface area contributed by atoms with Crippen molar-refractivity contribution < 1.29 is 18.4 Å². The number of carbonyl (C=O) groups excluding carboxylic acids is 2. The topological polar surface area (TPSA) is 93.9 Å². The van der Waals surface area contributed by atoms with Gasteiger partial charge in [-0.2, -0.15) is 0 Å². The van der Waals surface area contributed by atoms with E-state index < -0.39 is 23.1 Å². The van der Waals surface area contributed by atoms with Gasteiger partial charge in [-0.15, -0.1) is 0 Å². The molecule has 9 heteroatoms. The summed E-state index contributed by atoms with van der Waals surface area (Å²) < 4.78 is 29.5. The number of benzene rings is 2. The number of rotatable bonds is 6. The minimum atomic E-state index is -0.593. The standard InChI is InChI=1S/C25H20F2N4O3/c1-14(2)29-22(33)12-31-24(16-4-3-5-18(26)9-16)30-23-20(25(31)34)10-17(11-28-23)19-8-15(13-32)6-7-21(19)27/h3-11,13-14H,12H2,1-2H3,(H,29,33). The molecule has 7 nitrogen and oxygen atoms in total. The maximum Gasteiger partial charge on any atom is 0.263 e. The van der Waals surface area contributed by atoms with Crippen molar-refractivity contribution in [1.29, 1.82) is 0 Å². The van der Waals surface area contributed by atoms with E-state index in [0.717, 1.165) is 10.6 Å². The van der Waals surface area contributed by atoms with E-state index >= 15 is 0 Å². The van der Waals surface area contributed by atoms with Crippen molar-refractivity contribution >= 4 is 23.2 Å². The van der Waals surface area contributed by atoms with Crippen LogP contribution in [0.5, 0.6) is 0 Å². The van der Waals surface area contributed by atoms with Crippen LogP contribution in [0.1, 0.15) is 24.2 Å². The Bertz CT molecular complexity index is 1480. The third kappa shape index (κ3) is 4.59. The number of carbonyl (C=O) groups is 2. The maximum atomic E-state index is 14.5. The smallest absolute Gasteiger partial charge is 0.263 e. The number of amides is 1. The van der Waals surface area contributed by atoms with Crippen molar-refractivity contribution in [2.75, 3.05) is 0 Å². The van der Waals surface area contributed by atoms with Crippen LogP contribution >= 0.6 is 0 Å². The van der Waals surface area contributed by atoms with Crippen molar-refractivity contribution in [3.63, 3.8) is 0 Å². The lowest BCUT2D eigenvalue weighted by Gasteiger charge is -2.15. The summed E-state index contributed by atoms with van der Waals surface area (Å²) in [5, 5.41) is 2.76. The molecule has 0 fully saturated rings. The van der Waals surface area contributed by atoms with Gasteiger partial charge in [0, 0.05) is 34.5 Å². The van der Waals surface area contributed by atoms with Gasteiger partial charge >= 0.3 is 0 Å². The largest absolute Gasteiger partial charge is 0.352 e. The third-order valence-corrected chi connectivity index (χ3v) is 5.08. The second-order valence-electron chi connectivity index (χ2n) is 8.01. The summed E-state index contributed by atoms with van der Waals surface area (Å²) in [6.45, 7) is 3.21. The minimum absolute atomic E-state index is 0.0471. The number of nitrogens with one attached hydrogen (secondary N) is 1. The molecular weight excluding hydrogens is 442 g/mol. The van der Waals surface area contributed by atoms with E-state index in [1.165, 1.54) is 42.6 Å². The lowest BCUT2D eigenvalue weighted by Crippen LogP contribution is -2.37. The molecule has 2 aromatic heterocycles. The van der Waals surface area contributed by atoms with Gasteiger partial charge in [-0.1, -0.05) is 12.1 Å². The molecule has 1 N–H and O–H groups in total. The highest BCUT2D eigenvalue weighted by Gasteiger charge is 2.18. The van der Waals surface area contributed by atoms with E-state index in [1.54, 1.807) is 19.9 Å². The molecule has 0 saturated carbocycles. The Morgan fingerprint density at radius 2 is 1.91 bits per heavy atom. The molecule has 4 aromatic rings. The first kappa shape index (κ1) is 22.9. The fourth-order valence-corrected chi connectivity index (χ4v) is 3.60. The molecule has 0 spiro atoms. The van der Waals surface area contributed by atoms with Crippen LogP contribution in [0.15, 0.2) is 59.5 Å². The molecule has 0 atom stereocenters. The Kier molecular flexibility index (Phi) is 6.27. The molecule has 1 amide bonds. The van der Waals surface area contributed by atoms with Crippen LogP contribution in [0.25, 0.3) is 33.5 Å². The predicted molar refractivity (Wildman–Crippen MR) is 123 cm³/mol. The van der Waals surface area contributed by atoms with E-state index in [1.807, 2.05) is 0 Å². The molecule has 0 unspecified atom stereocenters. The highest BCUT2D eigenvalue weighted by Crippen LogP contribution is 2.26. The first-order chi connectivity index (χ1) is 16.3. The van der Waals surface area contributed by atoms with Gasteiger partial charge < -0.3 is 5.32 Å². The van der Waals surface area contributed by atoms with Crippen molar-refractivity contribution in [2.24, 2.45) is 0 Å². The summed E-state index contributed by atoms with van der Waals surface area (Å²) in [6, 6.07) is 10.6. The van der Waals surface area contributed by atoms with Gasteiger partial charge in [-0.3, -0.25) is 19.0 Å². The van der Waals surface area contributed by atoms with Crippen LogP contribution in [0.2, 0.25) is 0 Å². The number of hydrogen-bond donors (Lipinski definition) is 1. The second-order valence-corrected chi connectivity index (χ2v) is 8.01. The van der Waals surface area contributed by atoms with E-state index in [9.17, 15) is 23.2 Å². The van der Waals surface area contributed by atoms with Crippen LogP contribution < -0.4 is 10.9 Å². The van der Waals surface area contributed by atoms with Crippen LogP contribution in [0.3, 0.4) is 0 Å². The minimum Gasteiger partial charge on any atom is -0.352 e. The number of fused-ring (bicyclic) bond motifs is 1. The lowest BCUT2D eigenvalue weighted by molar-refractivity contribution is -0.122. The first-order valence-corrected chi connectivity index (χ1v) is 10.5. The van der Waals surface area contributed by atoms with Crippen LogP contribution in [0.4, 0.5) is 8.78 Å². The maximum absolute atomic E-state index is 14.5. The predicted octanol–water partition coefficient (Wildman–Crippen LogP) is 3.74. The van der Waals surface area contributed by atoms with E-state index in [4.69, 9.17) is 0 Å². The van der Waals surface area contributed by atoms with E-state index in [2.05, 4.69) is 15.3 Å². The monoisotopic (exact) mass is 462 g/mol. The normalized spacial score (nSPS) is 11.1. The average Bonchev–Trinajstić information content (AvgIpc) is 2.80. The second kappa shape index (κ2) is 9.30. The molecule has 172 valence electrons. The molecule has 0 saturated heterocycles. The number of aldehydes is 1. The van der Waals surface area contributed by atoms with Crippen LogP contribution in [0, 0.1) is 11.6 Å². The first-order valence-electron chi connectivity index (χ1n) is 10.5. The zero-order valence-corrected chi connectivity index (χ0v) is 18.4. The molecule has 2 heterocycles. The Morgan fingerprint density at radius 1 is 1.12 bits per heavy atom. The average molecular weight is 462 g/mol. The summed E-state index contributed by atoms with van der Waals surface area (Å²) in [5.74, 6) is -1.47. The highest BCUT2D eigenvalue weighted by molar-refractivity contribution is 5.85. The summed E-state index contributed by atoms with van der Waals surface area (Å²) in [6.07, 6.45) is 1.93. The molecule has 4 rings (SSSR count). The van der Waals surface area contributed by atoms with Crippen LogP contribution in [-0.2, 0) is 11.3 Å². The van der Waals surface area contributed by atoms with Crippen molar-refractivity contribution in [2.45, 2.75) is 26.4 Å². The molecule has 2 aromatic carbocycles. The molecule has 0 aliphatic rings. The fourth-order valence-electron chi connectivity index (χ4n) is 3.60. The van der Waals surface area contributed by atoms with E-state index in [0.29, 0.717) is 11.8 Å². The molecule has 0 aliphatic heterocycles. The molecule has 0 bridgehead atoms. The van der Waals surface area contributed by atoms with E-state index in [-0.39, 0.29) is 46.1 Å². The summed E-state index contributed by atoms with van der Waals surface area (Å²) in [7, 11) is 0. The van der Waals surface area contributed by atoms with Gasteiger partial charge in [0.05, 0.1) is 5.39 Å². The van der Waals surface area contributed by atoms with Crippen LogP contribution in [-0.4, -0.2) is 32.8 Å². The Hall–Kier alpha value is -4.27. The third-order valence-electron chi connectivity index (χ3n) is 5.08. The van der Waals surface area contributed by atoms with Gasteiger partial charge in [0.25, 0.3) is 5.56 Å². The Balaban J connectivity index is 1.94. The van der Waals surface area contributed by atoms with Gasteiger partial charge in [-0.05, 0) is 50.2 Å². The van der Waals surface area contributed by atoms with Crippen molar-refractivity contribution in [1.82, 2.24) is 19.9 Å². The van der Waals surface area contributed by atoms with Gasteiger partial charge in [0.2, 0.25) is 5.91 Å². The zero-order valence-electron chi connectivity index (χ0n) is 18.4. The lowest BCUT2D eigenvalue weighted by atomic mass is 10.0.